The first-order chi connectivity index (χ1) is 11.3. The molecule has 2 aromatic carbocycles. The molecule has 1 N–H and O–H groups in total. The monoisotopic (exact) mass is 303 g/mol. The molecule has 1 fully saturated rings. The van der Waals surface area contributed by atoms with Crippen LogP contribution in [0.4, 0.5) is 0 Å². The Morgan fingerprint density at radius 1 is 1.17 bits per heavy atom. The molecule has 5 nitrogen and oxygen atoms in total. The highest BCUT2D eigenvalue weighted by Gasteiger charge is 2.60. The number of ether oxygens (including phenoxy) is 2. The second-order valence-electron chi connectivity index (χ2n) is 6.02. The van der Waals surface area contributed by atoms with Gasteiger partial charge in [-0.1, -0.05) is 24.3 Å². The van der Waals surface area contributed by atoms with Crippen LogP contribution in [-0.4, -0.2) is 16.8 Å². The van der Waals surface area contributed by atoms with Crippen LogP contribution in [0, 0.1) is 11.3 Å². The predicted octanol–water partition coefficient (Wildman–Crippen LogP) is 3.24. The molecule has 1 aliphatic heterocycles. The maximum absolute atomic E-state index is 9.83. The molecule has 5 rings (SSSR count). The van der Waals surface area contributed by atoms with Crippen molar-refractivity contribution in [3.63, 3.8) is 0 Å². The van der Waals surface area contributed by atoms with Crippen LogP contribution in [0.15, 0.2) is 42.5 Å². The Labute approximate surface area is 132 Å². The normalized spacial score (nSPS) is 24.6. The van der Waals surface area contributed by atoms with Crippen molar-refractivity contribution in [2.75, 3.05) is 6.79 Å². The van der Waals surface area contributed by atoms with Gasteiger partial charge in [-0.15, -0.1) is 0 Å². The number of H-pyrrole nitrogens is 1. The molecule has 3 aromatic rings. The van der Waals surface area contributed by atoms with Gasteiger partial charge in [0.1, 0.15) is 11.2 Å². The van der Waals surface area contributed by atoms with E-state index < -0.39 is 5.41 Å². The Balaban J connectivity index is 1.60. The lowest BCUT2D eigenvalue weighted by molar-refractivity contribution is 0.173. The van der Waals surface area contributed by atoms with Crippen molar-refractivity contribution in [1.29, 1.82) is 5.26 Å². The van der Waals surface area contributed by atoms with Gasteiger partial charge in [0.2, 0.25) is 6.79 Å². The van der Waals surface area contributed by atoms with E-state index in [1.807, 2.05) is 42.5 Å². The van der Waals surface area contributed by atoms with Gasteiger partial charge in [-0.25, -0.2) is 4.98 Å². The largest absolute Gasteiger partial charge is 0.454 e. The third kappa shape index (κ3) is 1.63. The van der Waals surface area contributed by atoms with Crippen molar-refractivity contribution in [3.05, 3.63) is 53.9 Å². The van der Waals surface area contributed by atoms with Crippen LogP contribution in [0.1, 0.15) is 23.7 Å². The minimum atomic E-state index is -0.611. The van der Waals surface area contributed by atoms with Gasteiger partial charge in [-0.3, -0.25) is 0 Å². The molecule has 2 heterocycles. The number of nitrogens with zero attached hydrogens (tertiary/aromatic N) is 2. The Bertz CT molecular complexity index is 939. The molecule has 5 heteroatoms. The van der Waals surface area contributed by atoms with Crippen molar-refractivity contribution in [3.8, 4) is 17.6 Å². The Morgan fingerprint density at radius 3 is 2.96 bits per heavy atom. The van der Waals surface area contributed by atoms with Crippen molar-refractivity contribution in [1.82, 2.24) is 9.97 Å². The molecule has 0 saturated heterocycles. The van der Waals surface area contributed by atoms with E-state index in [0.29, 0.717) is 0 Å². The molecule has 0 amide bonds. The highest BCUT2D eigenvalue weighted by molar-refractivity contribution is 5.75. The number of aromatic amines is 1. The van der Waals surface area contributed by atoms with E-state index in [9.17, 15) is 5.26 Å². The zero-order valence-electron chi connectivity index (χ0n) is 12.2. The average Bonchev–Trinajstić information content (AvgIpc) is 2.95. The second kappa shape index (κ2) is 4.26. The highest BCUT2D eigenvalue weighted by atomic mass is 16.7. The fourth-order valence-corrected chi connectivity index (χ4v) is 3.47. The lowest BCUT2D eigenvalue weighted by Crippen LogP contribution is -2.09. The summed E-state index contributed by atoms with van der Waals surface area (Å²) in [6.45, 7) is 0.239. The smallest absolute Gasteiger partial charge is 0.231 e. The Kier molecular flexibility index (Phi) is 2.32. The quantitative estimate of drug-likeness (QED) is 0.789. The first-order valence-corrected chi connectivity index (χ1v) is 7.57. The second-order valence-corrected chi connectivity index (χ2v) is 6.02. The van der Waals surface area contributed by atoms with E-state index in [1.54, 1.807) is 0 Å². The summed E-state index contributed by atoms with van der Waals surface area (Å²) in [5.41, 5.74) is 2.27. The summed E-state index contributed by atoms with van der Waals surface area (Å²) in [6, 6.07) is 16.2. The predicted molar refractivity (Wildman–Crippen MR) is 83.3 cm³/mol. The van der Waals surface area contributed by atoms with Crippen LogP contribution in [0.25, 0.3) is 11.0 Å². The van der Waals surface area contributed by atoms with E-state index in [-0.39, 0.29) is 12.7 Å². The van der Waals surface area contributed by atoms with Gasteiger partial charge < -0.3 is 14.5 Å². The summed E-state index contributed by atoms with van der Waals surface area (Å²) < 4.78 is 11.0. The number of hydrogen-bond donors (Lipinski definition) is 1. The fourth-order valence-electron chi connectivity index (χ4n) is 3.47. The standard InChI is InChI=1S/C18H13N3O2/c19-9-18(17-20-13-5-1-2-6-14(13)21-17)8-12(18)11-4-3-7-15-16(11)23-10-22-15/h1-7,12H,8,10H2,(H,20,21)/t12-,18+/m0/s1. The number of benzene rings is 2. The van der Waals surface area contributed by atoms with E-state index in [0.717, 1.165) is 40.3 Å². The van der Waals surface area contributed by atoms with Gasteiger partial charge in [0.15, 0.2) is 11.5 Å². The molecule has 112 valence electrons. The minimum Gasteiger partial charge on any atom is -0.454 e. The van der Waals surface area contributed by atoms with Crippen molar-refractivity contribution >= 4 is 11.0 Å². The maximum atomic E-state index is 9.83. The number of aromatic nitrogens is 2. The zero-order chi connectivity index (χ0) is 15.4. The van der Waals surface area contributed by atoms with Crippen LogP contribution < -0.4 is 9.47 Å². The number of nitrogens with one attached hydrogen (secondary N) is 1. The lowest BCUT2D eigenvalue weighted by atomic mass is 9.99. The van der Waals surface area contributed by atoms with Crippen LogP contribution >= 0.6 is 0 Å². The zero-order valence-corrected chi connectivity index (χ0v) is 12.2. The summed E-state index contributed by atoms with van der Waals surface area (Å²) in [4.78, 5) is 7.95. The van der Waals surface area contributed by atoms with Gasteiger partial charge in [-0.05, 0) is 24.6 Å². The van der Waals surface area contributed by atoms with Crippen molar-refractivity contribution in [2.45, 2.75) is 17.8 Å². The Morgan fingerprint density at radius 2 is 2.09 bits per heavy atom. The molecule has 1 aromatic heterocycles. The maximum Gasteiger partial charge on any atom is 0.231 e. The number of rotatable bonds is 2. The molecule has 1 saturated carbocycles. The van der Waals surface area contributed by atoms with Crippen molar-refractivity contribution in [2.24, 2.45) is 0 Å². The molecule has 2 atom stereocenters. The topological polar surface area (TPSA) is 70.9 Å². The first-order valence-electron chi connectivity index (χ1n) is 7.57. The molecule has 1 aliphatic carbocycles. The molecule has 0 unspecified atom stereocenters. The molecule has 2 aliphatic rings. The molecule has 23 heavy (non-hydrogen) atoms. The third-order valence-electron chi connectivity index (χ3n) is 4.77. The number of nitriles is 1. The van der Waals surface area contributed by atoms with E-state index >= 15 is 0 Å². The van der Waals surface area contributed by atoms with Crippen LogP contribution in [-0.2, 0) is 5.41 Å². The van der Waals surface area contributed by atoms with Gasteiger partial charge in [0, 0.05) is 11.5 Å². The molecule has 0 spiro atoms. The Hall–Kier alpha value is -3.00. The van der Waals surface area contributed by atoms with E-state index in [1.165, 1.54) is 0 Å². The van der Waals surface area contributed by atoms with Gasteiger partial charge in [0.05, 0.1) is 17.1 Å². The van der Waals surface area contributed by atoms with Crippen molar-refractivity contribution < 1.29 is 9.47 Å². The highest BCUT2D eigenvalue weighted by Crippen LogP contribution is 2.62. The van der Waals surface area contributed by atoms with Crippen LogP contribution in [0.3, 0.4) is 0 Å². The van der Waals surface area contributed by atoms with Crippen LogP contribution in [0.5, 0.6) is 11.5 Å². The lowest BCUT2D eigenvalue weighted by Gasteiger charge is -2.08. The van der Waals surface area contributed by atoms with E-state index in [2.05, 4.69) is 16.0 Å². The first kappa shape index (κ1) is 12.5. The van der Waals surface area contributed by atoms with Gasteiger partial charge >= 0.3 is 0 Å². The van der Waals surface area contributed by atoms with Gasteiger partial charge in [0.25, 0.3) is 0 Å². The average molecular weight is 303 g/mol. The van der Waals surface area contributed by atoms with Crippen LogP contribution in [0.2, 0.25) is 0 Å². The van der Waals surface area contributed by atoms with Gasteiger partial charge in [-0.2, -0.15) is 5.26 Å². The molecule has 0 radical (unpaired) electrons. The summed E-state index contributed by atoms with van der Waals surface area (Å²) in [6.07, 6.45) is 0.739. The number of para-hydroxylation sites is 3. The summed E-state index contributed by atoms with van der Waals surface area (Å²) in [5.74, 6) is 2.34. The molecular weight excluding hydrogens is 290 g/mol. The SMILES string of the molecule is N#C[C@]1(c2nc3ccccc3[nH]2)C[C@H]1c1cccc2c1OCO2. The minimum absolute atomic E-state index is 0.0738. The third-order valence-corrected chi connectivity index (χ3v) is 4.77. The summed E-state index contributed by atoms with van der Waals surface area (Å²) in [5, 5.41) is 9.83. The number of fused-ring (bicyclic) bond motifs is 2. The number of imidazole rings is 1. The summed E-state index contributed by atoms with van der Waals surface area (Å²) >= 11 is 0. The molecule has 0 bridgehead atoms. The summed E-state index contributed by atoms with van der Waals surface area (Å²) in [7, 11) is 0. The number of hydrogen-bond acceptors (Lipinski definition) is 4. The fraction of sp³-hybridized carbons (Fsp3) is 0.222. The van der Waals surface area contributed by atoms with E-state index in [4.69, 9.17) is 9.47 Å². The molecular formula is C18H13N3O2.